The van der Waals surface area contributed by atoms with Gasteiger partial charge in [0.1, 0.15) is 5.82 Å². The van der Waals surface area contributed by atoms with Crippen LogP contribution in [0.4, 0.5) is 5.82 Å². The highest BCUT2D eigenvalue weighted by atomic mass is 35.5. The first-order valence-corrected chi connectivity index (χ1v) is 15.0. The van der Waals surface area contributed by atoms with E-state index in [-0.39, 0.29) is 11.9 Å². The van der Waals surface area contributed by atoms with Gasteiger partial charge in [-0.05, 0) is 61.6 Å². The zero-order valence-corrected chi connectivity index (χ0v) is 25.6. The van der Waals surface area contributed by atoms with Gasteiger partial charge in [0.05, 0.1) is 33.5 Å². The zero-order chi connectivity index (χ0) is 30.4. The Hall–Kier alpha value is -4.50. The van der Waals surface area contributed by atoms with E-state index in [0.29, 0.717) is 47.2 Å². The smallest absolute Gasteiger partial charge is 0.350 e. The fraction of sp³-hybridized carbons (Fsp3) is 0.303. The number of aromatic amines is 1. The van der Waals surface area contributed by atoms with Gasteiger partial charge in [-0.1, -0.05) is 56.3 Å². The number of amides is 1. The number of anilines is 1. The van der Waals surface area contributed by atoms with Crippen LogP contribution in [0.1, 0.15) is 37.5 Å². The number of carbonyl (C=O) groups excluding carboxylic acids is 1. The summed E-state index contributed by atoms with van der Waals surface area (Å²) < 4.78 is 1.66. The summed E-state index contributed by atoms with van der Waals surface area (Å²) in [4.78, 5) is 40.3. The van der Waals surface area contributed by atoms with Crippen LogP contribution in [0.3, 0.4) is 0 Å². The van der Waals surface area contributed by atoms with E-state index in [0.717, 1.165) is 51.7 Å². The van der Waals surface area contributed by atoms with Gasteiger partial charge in [-0.25, -0.2) is 14.3 Å². The molecule has 1 fully saturated rings. The lowest BCUT2D eigenvalue weighted by Crippen LogP contribution is -2.54. The molecule has 0 spiro atoms. The van der Waals surface area contributed by atoms with Gasteiger partial charge in [-0.15, -0.1) is 0 Å². The topological polar surface area (TPSA) is 100 Å². The molecule has 1 aliphatic rings. The molecule has 220 valence electrons. The Labute approximate surface area is 254 Å². The number of nitrogens with zero attached hydrogens (tertiary/aromatic N) is 6. The van der Waals surface area contributed by atoms with Crippen molar-refractivity contribution >= 4 is 45.3 Å². The average Bonchev–Trinajstić information content (AvgIpc) is 3.49. The SMILES string of the molecule is C=CC(=O)N1CCN(c2nc(=O)n(-c3c(CC)cccc3CC)c3nc(-c4c(C)ccc5[nH]ncc45)c(Cl)cc23)[C@@H](C)C1. The van der Waals surface area contributed by atoms with E-state index in [1.165, 1.54) is 6.08 Å². The fourth-order valence-corrected chi connectivity index (χ4v) is 6.49. The van der Waals surface area contributed by atoms with Crippen LogP contribution in [0.15, 0.2) is 60.0 Å². The van der Waals surface area contributed by atoms with Gasteiger partial charge in [-0.3, -0.25) is 9.89 Å². The first-order chi connectivity index (χ1) is 20.8. The van der Waals surface area contributed by atoms with Crippen LogP contribution in [0.2, 0.25) is 5.02 Å². The van der Waals surface area contributed by atoms with Crippen LogP contribution < -0.4 is 10.6 Å². The van der Waals surface area contributed by atoms with E-state index in [9.17, 15) is 9.59 Å². The summed E-state index contributed by atoms with van der Waals surface area (Å²) in [5.74, 6) is 0.404. The number of halogens is 1. The second-order valence-corrected chi connectivity index (χ2v) is 11.4. The number of carbonyl (C=O) groups is 1. The summed E-state index contributed by atoms with van der Waals surface area (Å²) in [6.07, 6.45) is 4.59. The third-order valence-electron chi connectivity index (χ3n) is 8.45. The van der Waals surface area contributed by atoms with E-state index in [1.54, 1.807) is 15.7 Å². The molecule has 1 N–H and O–H groups in total. The van der Waals surface area contributed by atoms with Crippen LogP contribution >= 0.6 is 11.6 Å². The monoisotopic (exact) mass is 595 g/mol. The highest BCUT2D eigenvalue weighted by Crippen LogP contribution is 2.38. The molecule has 3 aromatic heterocycles. The van der Waals surface area contributed by atoms with Gasteiger partial charge in [0.15, 0.2) is 5.65 Å². The molecule has 6 rings (SSSR count). The third-order valence-corrected chi connectivity index (χ3v) is 8.73. The molecule has 10 heteroatoms. The second kappa shape index (κ2) is 11.3. The molecule has 1 saturated heterocycles. The Bertz CT molecular complexity index is 1940. The number of pyridine rings is 1. The van der Waals surface area contributed by atoms with E-state index in [1.807, 2.05) is 50.2 Å². The predicted molar refractivity (Wildman–Crippen MR) is 172 cm³/mol. The number of fused-ring (bicyclic) bond motifs is 2. The van der Waals surface area contributed by atoms with Gasteiger partial charge in [0.25, 0.3) is 0 Å². The van der Waals surface area contributed by atoms with Gasteiger partial charge in [-0.2, -0.15) is 10.1 Å². The first-order valence-electron chi connectivity index (χ1n) is 14.6. The highest BCUT2D eigenvalue weighted by molar-refractivity contribution is 6.34. The van der Waals surface area contributed by atoms with Crippen molar-refractivity contribution in [3.05, 3.63) is 87.4 Å². The largest absolute Gasteiger partial charge is 0.355 e. The number of rotatable bonds is 6. The predicted octanol–water partition coefficient (Wildman–Crippen LogP) is 5.63. The Balaban J connectivity index is 1.67. The molecule has 4 heterocycles. The number of aromatic nitrogens is 5. The number of nitrogens with one attached hydrogen (secondary N) is 1. The Morgan fingerprint density at radius 2 is 1.86 bits per heavy atom. The molecular formula is C33H34ClN7O2. The minimum Gasteiger partial charge on any atom is -0.350 e. The van der Waals surface area contributed by atoms with Crippen LogP contribution in [0, 0.1) is 6.92 Å². The maximum absolute atomic E-state index is 14.2. The number of benzene rings is 2. The van der Waals surface area contributed by atoms with Crippen molar-refractivity contribution in [2.24, 2.45) is 0 Å². The summed E-state index contributed by atoms with van der Waals surface area (Å²) in [5, 5.41) is 9.31. The molecule has 2 aromatic carbocycles. The Kier molecular flexibility index (Phi) is 7.52. The standard InChI is InChI=1S/C33H34ClN7O2/c1-6-21-10-9-11-22(7-2)30(21)41-32-23(31(37-33(41)43)40-15-14-39(18-20(40)5)27(42)8-3)16-25(34)29(36-32)28-19(4)12-13-26-24(28)17-35-38-26/h8-13,16-17,20H,3,6-7,14-15,18H2,1-2,4-5H3,(H,35,38)/t20-/m0/s1. The van der Waals surface area contributed by atoms with E-state index in [4.69, 9.17) is 21.6 Å². The molecule has 0 aliphatic carbocycles. The average molecular weight is 596 g/mol. The van der Waals surface area contributed by atoms with Crippen molar-refractivity contribution in [3.8, 4) is 16.9 Å². The van der Waals surface area contributed by atoms with Crippen molar-refractivity contribution in [2.75, 3.05) is 24.5 Å². The van der Waals surface area contributed by atoms with Crippen molar-refractivity contribution in [1.82, 2.24) is 29.6 Å². The second-order valence-electron chi connectivity index (χ2n) is 11.0. The Morgan fingerprint density at radius 1 is 1.12 bits per heavy atom. The molecule has 43 heavy (non-hydrogen) atoms. The van der Waals surface area contributed by atoms with Crippen LogP contribution in [-0.4, -0.2) is 61.2 Å². The van der Waals surface area contributed by atoms with Crippen molar-refractivity contribution < 1.29 is 4.79 Å². The molecule has 1 aliphatic heterocycles. The first kappa shape index (κ1) is 28.6. The molecule has 0 bridgehead atoms. The molecule has 1 atom stereocenters. The van der Waals surface area contributed by atoms with E-state index >= 15 is 0 Å². The normalized spacial score (nSPS) is 15.4. The maximum atomic E-state index is 14.2. The van der Waals surface area contributed by atoms with Gasteiger partial charge in [0.2, 0.25) is 5.91 Å². The highest BCUT2D eigenvalue weighted by Gasteiger charge is 2.30. The van der Waals surface area contributed by atoms with Gasteiger partial charge >= 0.3 is 5.69 Å². The number of hydrogen-bond donors (Lipinski definition) is 1. The van der Waals surface area contributed by atoms with Gasteiger partial charge in [0, 0.05) is 36.6 Å². The molecule has 0 unspecified atom stereocenters. The summed E-state index contributed by atoms with van der Waals surface area (Å²) >= 11 is 7.07. The molecule has 5 aromatic rings. The van der Waals surface area contributed by atoms with Gasteiger partial charge < -0.3 is 9.80 Å². The Morgan fingerprint density at radius 3 is 2.53 bits per heavy atom. The summed E-state index contributed by atoms with van der Waals surface area (Å²) in [6.45, 7) is 13.3. The lowest BCUT2D eigenvalue weighted by atomic mass is 10.00. The number of para-hydroxylation sites is 1. The van der Waals surface area contributed by atoms with Crippen molar-refractivity contribution in [1.29, 1.82) is 0 Å². The van der Waals surface area contributed by atoms with E-state index < -0.39 is 5.69 Å². The summed E-state index contributed by atoms with van der Waals surface area (Å²) in [6, 6.07) is 11.9. The minimum atomic E-state index is -0.408. The van der Waals surface area contributed by atoms with Crippen LogP contribution in [-0.2, 0) is 17.6 Å². The quantitative estimate of drug-likeness (QED) is 0.255. The molecule has 0 radical (unpaired) electrons. The van der Waals surface area contributed by atoms with Crippen LogP contribution in [0.25, 0.3) is 38.9 Å². The third kappa shape index (κ3) is 4.77. The molecule has 0 saturated carbocycles. The number of H-pyrrole nitrogens is 1. The minimum absolute atomic E-state index is 0.0990. The van der Waals surface area contributed by atoms with Crippen molar-refractivity contribution in [2.45, 2.75) is 46.6 Å². The lowest BCUT2D eigenvalue weighted by Gasteiger charge is -2.40. The van der Waals surface area contributed by atoms with E-state index in [2.05, 4.69) is 35.5 Å². The maximum Gasteiger partial charge on any atom is 0.355 e. The van der Waals surface area contributed by atoms with Crippen LogP contribution in [0.5, 0.6) is 0 Å². The molecule has 1 amide bonds. The lowest BCUT2D eigenvalue weighted by molar-refractivity contribution is -0.126. The summed E-state index contributed by atoms with van der Waals surface area (Å²) in [7, 11) is 0. The molecule has 9 nitrogen and oxygen atoms in total. The number of piperazine rings is 1. The summed E-state index contributed by atoms with van der Waals surface area (Å²) in [5.41, 5.74) is 6.26. The number of aryl methyl sites for hydroxylation is 3. The molecular weight excluding hydrogens is 562 g/mol. The van der Waals surface area contributed by atoms with Crippen molar-refractivity contribution in [3.63, 3.8) is 0 Å². The number of hydrogen-bond acceptors (Lipinski definition) is 6. The zero-order valence-electron chi connectivity index (χ0n) is 24.8. The fourth-order valence-electron chi connectivity index (χ4n) is 6.25.